The Morgan fingerprint density at radius 1 is 1.26 bits per heavy atom. The molecule has 208 valence electrons. The number of nitrogens with one attached hydrogen (secondary N) is 2. The van der Waals surface area contributed by atoms with E-state index in [2.05, 4.69) is 33.3 Å². The molecule has 3 aromatic rings. The maximum atomic E-state index is 14.4. The van der Waals surface area contributed by atoms with Crippen LogP contribution in [0.2, 0.25) is 0 Å². The summed E-state index contributed by atoms with van der Waals surface area (Å²) in [5, 5.41) is 7.16. The molecule has 0 unspecified atom stereocenters. The summed E-state index contributed by atoms with van der Waals surface area (Å²) in [5.74, 6) is -2.93. The zero-order chi connectivity index (χ0) is 28.4. The van der Waals surface area contributed by atoms with Crippen LogP contribution in [0.3, 0.4) is 0 Å². The van der Waals surface area contributed by atoms with Crippen LogP contribution in [0.15, 0.2) is 59.0 Å². The van der Waals surface area contributed by atoms with Gasteiger partial charge in [-0.2, -0.15) is 13.1 Å². The lowest BCUT2D eigenvalue weighted by atomic mass is 10.00. The van der Waals surface area contributed by atoms with Gasteiger partial charge in [-0.3, -0.25) is 4.79 Å². The molecule has 2 N–H and O–H groups in total. The summed E-state index contributed by atoms with van der Waals surface area (Å²) in [6.45, 7) is 8.92. The molecule has 0 aliphatic carbocycles. The molecular weight excluding hydrogens is 544 g/mol. The van der Waals surface area contributed by atoms with E-state index in [1.807, 2.05) is 6.92 Å². The first kappa shape index (κ1) is 28.8. The molecule has 1 atom stereocenters. The van der Waals surface area contributed by atoms with Crippen LogP contribution >= 0.6 is 11.3 Å². The monoisotopic (exact) mass is 575 g/mol. The lowest BCUT2D eigenvalue weighted by Gasteiger charge is -2.27. The van der Waals surface area contributed by atoms with Crippen molar-refractivity contribution in [2.75, 3.05) is 23.7 Å². The van der Waals surface area contributed by atoms with Crippen molar-refractivity contribution >= 4 is 49.0 Å². The topological polar surface area (TPSA) is 104 Å². The van der Waals surface area contributed by atoms with Crippen molar-refractivity contribution in [1.29, 1.82) is 0 Å². The molecule has 1 amide bonds. The highest BCUT2D eigenvalue weighted by atomic mass is 32.2. The van der Waals surface area contributed by atoms with Crippen LogP contribution in [0.5, 0.6) is 0 Å². The van der Waals surface area contributed by atoms with E-state index < -0.39 is 15.9 Å². The number of carbonyl (C=O) groups is 1. The normalized spacial score (nSPS) is 15.7. The number of hydrogen-bond acceptors (Lipinski definition) is 7. The van der Waals surface area contributed by atoms with E-state index in [4.69, 9.17) is 0 Å². The molecule has 0 bridgehead atoms. The van der Waals surface area contributed by atoms with Crippen LogP contribution in [0.25, 0.3) is 10.8 Å². The standard InChI is InChI=1S/C27H31F2N5O3S2/c1-5-27(28,29)23-8-6-7-22-21(23)11-14-30-24(22)31-17(2)9-10-20-12-15-34(16-13-20)39(36,37)25-18(3)32-26(38-25)33-19(4)35/h5-8,10-11,14,17H,1,9,12-13,15-16H2,2-4H3,(H,30,31)(H,32,33,35)/t17-/m0/s1. The van der Waals surface area contributed by atoms with Gasteiger partial charge in [-0.05, 0) is 50.6 Å². The number of alkyl halides is 2. The quantitative estimate of drug-likeness (QED) is 0.311. The van der Waals surface area contributed by atoms with Gasteiger partial charge in [0.2, 0.25) is 5.91 Å². The molecule has 1 fully saturated rings. The highest BCUT2D eigenvalue weighted by molar-refractivity contribution is 7.91. The number of amides is 1. The number of thiazole rings is 1. The number of rotatable bonds is 9. The molecule has 2 aromatic heterocycles. The van der Waals surface area contributed by atoms with Gasteiger partial charge in [0.15, 0.2) is 9.34 Å². The van der Waals surface area contributed by atoms with Crippen molar-refractivity contribution in [3.63, 3.8) is 0 Å². The molecule has 0 saturated carbocycles. The summed E-state index contributed by atoms with van der Waals surface area (Å²) in [4.78, 5) is 19.8. The largest absolute Gasteiger partial charge is 0.367 e. The van der Waals surface area contributed by atoms with E-state index in [-0.39, 0.29) is 26.9 Å². The van der Waals surface area contributed by atoms with E-state index in [0.717, 1.165) is 16.9 Å². The van der Waals surface area contributed by atoms with Crippen molar-refractivity contribution in [1.82, 2.24) is 14.3 Å². The van der Waals surface area contributed by atoms with Crippen molar-refractivity contribution in [3.05, 3.63) is 66.0 Å². The average Bonchev–Trinajstić information content (AvgIpc) is 3.27. The number of anilines is 2. The molecule has 12 heteroatoms. The minimum atomic E-state index is -3.71. The zero-order valence-corrected chi connectivity index (χ0v) is 23.6. The number of hydrogen-bond donors (Lipinski definition) is 2. The van der Waals surface area contributed by atoms with Gasteiger partial charge in [0.1, 0.15) is 5.82 Å². The number of benzene rings is 1. The molecule has 39 heavy (non-hydrogen) atoms. The van der Waals surface area contributed by atoms with Gasteiger partial charge in [-0.1, -0.05) is 47.8 Å². The number of halogens is 2. The third-order valence-electron chi connectivity index (χ3n) is 6.54. The second-order valence-corrected chi connectivity index (χ2v) is 12.6. The van der Waals surface area contributed by atoms with Crippen molar-refractivity contribution in [2.24, 2.45) is 0 Å². The second kappa shape index (κ2) is 11.5. The number of aryl methyl sites for hydroxylation is 1. The Kier molecular flexibility index (Phi) is 8.48. The van der Waals surface area contributed by atoms with E-state index in [9.17, 15) is 22.0 Å². The minimum Gasteiger partial charge on any atom is -0.367 e. The van der Waals surface area contributed by atoms with Crippen molar-refractivity contribution in [3.8, 4) is 0 Å². The lowest BCUT2D eigenvalue weighted by Crippen LogP contribution is -2.36. The predicted octanol–water partition coefficient (Wildman–Crippen LogP) is 5.84. The third-order valence-corrected chi connectivity index (χ3v) is 10.1. The van der Waals surface area contributed by atoms with E-state index >= 15 is 0 Å². The molecule has 1 aromatic carbocycles. The first-order chi connectivity index (χ1) is 18.4. The molecule has 1 aliphatic heterocycles. The highest BCUT2D eigenvalue weighted by Gasteiger charge is 2.32. The molecule has 1 aliphatic rings. The number of sulfonamides is 1. The Bertz CT molecular complexity index is 1530. The summed E-state index contributed by atoms with van der Waals surface area (Å²) in [6, 6.07) is 6.29. The molecular formula is C27H31F2N5O3S2. The van der Waals surface area contributed by atoms with Gasteiger partial charge in [-0.15, -0.1) is 0 Å². The summed E-state index contributed by atoms with van der Waals surface area (Å²) < 4.78 is 56.7. The Labute approximate surface area is 230 Å². The summed E-state index contributed by atoms with van der Waals surface area (Å²) >= 11 is 0.960. The molecule has 3 heterocycles. The second-order valence-electron chi connectivity index (χ2n) is 9.51. The van der Waals surface area contributed by atoms with Gasteiger partial charge in [0, 0.05) is 43.2 Å². The Balaban J connectivity index is 1.39. The number of carbonyl (C=O) groups excluding carboxylic acids is 1. The Morgan fingerprint density at radius 3 is 2.64 bits per heavy atom. The van der Waals surface area contributed by atoms with Crippen molar-refractivity contribution < 1.29 is 22.0 Å². The SMILES string of the molecule is C=CC(F)(F)c1cccc2c(N[C@@H](C)CC=C3CCN(S(=O)(=O)c4sc(NC(C)=O)nc4C)CC3)nccc12. The zero-order valence-electron chi connectivity index (χ0n) is 22.0. The number of aromatic nitrogens is 2. The fourth-order valence-corrected chi connectivity index (χ4v) is 7.56. The van der Waals surface area contributed by atoms with Crippen LogP contribution in [0.4, 0.5) is 19.7 Å². The first-order valence-corrected chi connectivity index (χ1v) is 14.8. The fourth-order valence-electron chi connectivity index (χ4n) is 4.52. The van der Waals surface area contributed by atoms with Crippen LogP contribution in [-0.2, 0) is 20.7 Å². The molecule has 1 saturated heterocycles. The van der Waals surface area contributed by atoms with E-state index in [0.29, 0.717) is 60.7 Å². The van der Waals surface area contributed by atoms with Crippen LogP contribution in [-0.4, -0.2) is 47.7 Å². The van der Waals surface area contributed by atoms with Gasteiger partial charge in [0.25, 0.3) is 15.9 Å². The van der Waals surface area contributed by atoms with Crippen LogP contribution in [0.1, 0.15) is 44.4 Å². The third kappa shape index (κ3) is 6.34. The lowest BCUT2D eigenvalue weighted by molar-refractivity contribution is -0.114. The molecule has 8 nitrogen and oxygen atoms in total. The Hall–Kier alpha value is -3.22. The Morgan fingerprint density at radius 2 is 1.97 bits per heavy atom. The van der Waals surface area contributed by atoms with Crippen molar-refractivity contribution in [2.45, 2.75) is 56.2 Å². The maximum Gasteiger partial charge on any atom is 0.292 e. The number of pyridine rings is 1. The van der Waals surface area contributed by atoms with E-state index in [1.165, 1.54) is 23.5 Å². The molecule has 0 spiro atoms. The van der Waals surface area contributed by atoms with E-state index in [1.54, 1.807) is 25.1 Å². The maximum absolute atomic E-state index is 14.4. The summed E-state index contributed by atoms with van der Waals surface area (Å²) in [6.07, 6.45) is 6.14. The van der Waals surface area contributed by atoms with Crippen LogP contribution in [0, 0.1) is 6.92 Å². The minimum absolute atomic E-state index is 0.0343. The highest BCUT2D eigenvalue weighted by Crippen LogP contribution is 2.36. The fraction of sp³-hybridized carbons (Fsp3) is 0.370. The van der Waals surface area contributed by atoms with Gasteiger partial charge in [-0.25, -0.2) is 18.4 Å². The van der Waals surface area contributed by atoms with Gasteiger partial charge >= 0.3 is 0 Å². The summed E-state index contributed by atoms with van der Waals surface area (Å²) in [7, 11) is -3.71. The number of fused-ring (bicyclic) bond motifs is 1. The average molecular weight is 576 g/mol. The molecule has 4 rings (SSSR count). The summed E-state index contributed by atoms with van der Waals surface area (Å²) in [5.41, 5.74) is 1.41. The van der Waals surface area contributed by atoms with Gasteiger partial charge in [0.05, 0.1) is 5.69 Å². The first-order valence-electron chi connectivity index (χ1n) is 12.5. The predicted molar refractivity (Wildman–Crippen MR) is 151 cm³/mol. The van der Waals surface area contributed by atoms with Gasteiger partial charge < -0.3 is 10.6 Å². The van der Waals surface area contributed by atoms with Crippen LogP contribution < -0.4 is 10.6 Å². The number of allylic oxidation sites excluding steroid dienone is 1. The number of piperidine rings is 1. The molecule has 0 radical (unpaired) electrons. The smallest absolute Gasteiger partial charge is 0.292 e. The number of nitrogens with zero attached hydrogens (tertiary/aromatic N) is 3.